The van der Waals surface area contributed by atoms with E-state index in [1.54, 1.807) is 48.5 Å². The second kappa shape index (κ2) is 9.13. The number of H-pyrrole nitrogens is 1. The number of rotatable bonds is 7. The molecule has 3 aromatic rings. The molecule has 0 radical (unpaired) electrons. The van der Waals surface area contributed by atoms with Crippen molar-refractivity contribution >= 4 is 40.9 Å². The van der Waals surface area contributed by atoms with Crippen molar-refractivity contribution in [3.8, 4) is 11.4 Å². The third-order valence-corrected chi connectivity index (χ3v) is 4.42. The number of carbonyl (C=O) groups is 1. The maximum Gasteiger partial charge on any atom is 0.359 e. The van der Waals surface area contributed by atoms with Crippen molar-refractivity contribution in [1.29, 1.82) is 0 Å². The number of nitrogens with one attached hydrogen (secondary N) is 4. The molecule has 2 amide bonds. The Kier molecular flexibility index (Phi) is 6.38. The SMILES string of the molecule is CN(O)C(=O)NNc1ccc(NS(=O)Oc2cccc(-n3[nH]nnc3=S)c2)cc1. The monoisotopic (exact) mass is 436 g/mol. The van der Waals surface area contributed by atoms with Gasteiger partial charge in [0.2, 0.25) is 4.77 Å². The summed E-state index contributed by atoms with van der Waals surface area (Å²) in [5.74, 6) is 0.346. The number of carbonyl (C=O) groups excluding carboxylic acids is 1. The van der Waals surface area contributed by atoms with Crippen molar-refractivity contribution < 1.29 is 18.4 Å². The largest absolute Gasteiger partial charge is 0.385 e. The molecule has 14 heteroatoms. The Balaban J connectivity index is 1.58. The fourth-order valence-corrected chi connectivity index (χ4v) is 2.91. The second-order valence-corrected chi connectivity index (χ2v) is 6.70. The van der Waals surface area contributed by atoms with Gasteiger partial charge in [-0.15, -0.1) is 0 Å². The molecule has 1 atom stereocenters. The maximum atomic E-state index is 12.2. The topological polar surface area (TPSA) is 149 Å². The second-order valence-electron chi connectivity index (χ2n) is 5.49. The van der Waals surface area contributed by atoms with Gasteiger partial charge in [0.05, 0.1) is 11.4 Å². The molecule has 0 aliphatic heterocycles. The van der Waals surface area contributed by atoms with Crippen LogP contribution in [0.25, 0.3) is 5.69 Å². The first-order chi connectivity index (χ1) is 13.9. The number of aromatic nitrogens is 4. The van der Waals surface area contributed by atoms with Crippen LogP contribution in [-0.4, -0.2) is 47.8 Å². The Morgan fingerprint density at radius 3 is 2.66 bits per heavy atom. The molecule has 0 fully saturated rings. The number of benzene rings is 2. The van der Waals surface area contributed by atoms with Crippen molar-refractivity contribution in [1.82, 2.24) is 30.7 Å². The molecule has 2 aromatic carbocycles. The van der Waals surface area contributed by atoms with Crippen molar-refractivity contribution in [2.75, 3.05) is 17.2 Å². The molecule has 0 aliphatic carbocycles. The first-order valence-corrected chi connectivity index (χ1v) is 9.46. The Bertz CT molecular complexity index is 1070. The first-order valence-electron chi connectivity index (χ1n) is 7.98. The van der Waals surface area contributed by atoms with Crippen LogP contribution < -0.4 is 19.8 Å². The number of urea groups is 1. The minimum atomic E-state index is -1.86. The van der Waals surface area contributed by atoms with E-state index in [2.05, 4.69) is 31.1 Å². The minimum absolute atomic E-state index is 0.247. The van der Waals surface area contributed by atoms with Gasteiger partial charge in [-0.1, -0.05) is 16.4 Å². The number of anilines is 2. The molecule has 3 rings (SSSR count). The lowest BCUT2D eigenvalue weighted by Gasteiger charge is -2.12. The van der Waals surface area contributed by atoms with Gasteiger partial charge in [0.1, 0.15) is 5.75 Å². The summed E-state index contributed by atoms with van der Waals surface area (Å²) in [5.41, 5.74) is 6.58. The van der Waals surface area contributed by atoms with E-state index in [4.69, 9.17) is 21.6 Å². The molecule has 0 spiro atoms. The fourth-order valence-electron chi connectivity index (χ4n) is 2.07. The number of amides is 2. The lowest BCUT2D eigenvalue weighted by atomic mass is 10.3. The average Bonchev–Trinajstić information content (AvgIpc) is 3.13. The van der Waals surface area contributed by atoms with Crippen LogP contribution in [0.2, 0.25) is 0 Å². The van der Waals surface area contributed by atoms with Crippen LogP contribution in [0.5, 0.6) is 5.75 Å². The number of hydrogen-bond donors (Lipinski definition) is 5. The van der Waals surface area contributed by atoms with Crippen molar-refractivity contribution in [2.24, 2.45) is 0 Å². The molecule has 29 heavy (non-hydrogen) atoms. The summed E-state index contributed by atoms with van der Waals surface area (Å²) < 4.78 is 22.0. The standard InChI is InChI=1S/C15H16N8O4S2/c1-22(25)14(24)17-16-10-5-7-11(8-6-10)19-29(26)27-13-4-2-3-12(9-13)23-15(28)18-20-21-23/h2-9,16,19,25H,1H3,(H,17,24)(H,18,21,28). The zero-order chi connectivity index (χ0) is 20.8. The van der Waals surface area contributed by atoms with Crippen LogP contribution in [0.15, 0.2) is 48.5 Å². The Labute approximate surface area is 172 Å². The van der Waals surface area contributed by atoms with Crippen molar-refractivity contribution in [3.05, 3.63) is 53.3 Å². The van der Waals surface area contributed by atoms with E-state index in [-0.39, 0.29) is 4.77 Å². The fraction of sp³-hybridized carbons (Fsp3) is 0.0667. The third kappa shape index (κ3) is 5.50. The van der Waals surface area contributed by atoms with Gasteiger partial charge in [0.15, 0.2) is 0 Å². The quantitative estimate of drug-likeness (QED) is 0.214. The highest BCUT2D eigenvalue weighted by molar-refractivity contribution is 7.81. The molecule has 0 aliphatic rings. The van der Waals surface area contributed by atoms with Crippen molar-refractivity contribution in [3.63, 3.8) is 0 Å². The van der Waals surface area contributed by atoms with E-state index >= 15 is 0 Å². The van der Waals surface area contributed by atoms with E-state index in [9.17, 15) is 9.00 Å². The number of hydroxylamine groups is 2. The average molecular weight is 436 g/mol. The van der Waals surface area contributed by atoms with Crippen LogP contribution in [0.3, 0.4) is 0 Å². The maximum absolute atomic E-state index is 12.2. The van der Waals surface area contributed by atoms with Crippen LogP contribution in [0.4, 0.5) is 16.2 Å². The van der Waals surface area contributed by atoms with Gasteiger partial charge in [-0.25, -0.2) is 20.0 Å². The number of hydrogen-bond acceptors (Lipinski definition) is 8. The summed E-state index contributed by atoms with van der Waals surface area (Å²) in [6.07, 6.45) is 0. The van der Waals surface area contributed by atoms with Gasteiger partial charge >= 0.3 is 17.3 Å². The van der Waals surface area contributed by atoms with Gasteiger partial charge in [-0.3, -0.25) is 15.4 Å². The summed E-state index contributed by atoms with van der Waals surface area (Å²) in [4.78, 5) is 11.2. The summed E-state index contributed by atoms with van der Waals surface area (Å²) in [6.45, 7) is 0. The van der Waals surface area contributed by atoms with E-state index in [1.807, 2.05) is 0 Å². The Morgan fingerprint density at radius 2 is 2.00 bits per heavy atom. The molecule has 5 N–H and O–H groups in total. The minimum Gasteiger partial charge on any atom is -0.385 e. The van der Waals surface area contributed by atoms with Crippen LogP contribution in [0.1, 0.15) is 0 Å². The molecule has 0 saturated carbocycles. The summed E-state index contributed by atoms with van der Waals surface area (Å²) in [6, 6.07) is 12.5. The zero-order valence-corrected chi connectivity index (χ0v) is 16.5. The van der Waals surface area contributed by atoms with Crippen LogP contribution in [0, 0.1) is 4.77 Å². The molecule has 0 saturated heterocycles. The highest BCUT2D eigenvalue weighted by Crippen LogP contribution is 2.18. The van der Waals surface area contributed by atoms with Gasteiger partial charge in [-0.05, 0) is 48.6 Å². The molecular weight excluding hydrogens is 420 g/mol. The lowest BCUT2D eigenvalue weighted by Crippen LogP contribution is -2.38. The van der Waals surface area contributed by atoms with E-state index in [0.717, 1.165) is 0 Å². The molecule has 1 heterocycles. The van der Waals surface area contributed by atoms with E-state index in [0.29, 0.717) is 27.9 Å². The highest BCUT2D eigenvalue weighted by Gasteiger charge is 2.07. The summed E-state index contributed by atoms with van der Waals surface area (Å²) >= 11 is 3.18. The Hall–Kier alpha value is -3.49. The number of tetrazole rings is 1. The first kappa shape index (κ1) is 20.2. The molecule has 1 unspecified atom stereocenters. The number of aromatic amines is 1. The molecule has 1 aromatic heterocycles. The molecule has 0 bridgehead atoms. The summed E-state index contributed by atoms with van der Waals surface area (Å²) in [5, 5.41) is 19.3. The third-order valence-electron chi connectivity index (χ3n) is 3.41. The van der Waals surface area contributed by atoms with Crippen LogP contribution in [-0.2, 0) is 11.3 Å². The predicted octanol–water partition coefficient (Wildman–Crippen LogP) is 1.75. The van der Waals surface area contributed by atoms with Crippen LogP contribution >= 0.6 is 12.2 Å². The smallest absolute Gasteiger partial charge is 0.359 e. The van der Waals surface area contributed by atoms with Gasteiger partial charge in [-0.2, -0.15) is 9.42 Å². The number of hydrazine groups is 1. The van der Waals surface area contributed by atoms with Gasteiger partial charge < -0.3 is 4.18 Å². The normalized spacial score (nSPS) is 11.4. The summed E-state index contributed by atoms with van der Waals surface area (Å²) in [7, 11) is 1.19. The van der Waals surface area contributed by atoms with E-state index < -0.39 is 17.3 Å². The van der Waals surface area contributed by atoms with E-state index in [1.165, 1.54) is 11.7 Å². The molecular formula is C15H16N8O4S2. The zero-order valence-electron chi connectivity index (χ0n) is 14.9. The van der Waals surface area contributed by atoms with Gasteiger partial charge in [0.25, 0.3) is 0 Å². The van der Waals surface area contributed by atoms with Crippen molar-refractivity contribution in [2.45, 2.75) is 0 Å². The molecule has 12 nitrogen and oxygen atoms in total. The molecule has 152 valence electrons. The van der Waals surface area contributed by atoms with Gasteiger partial charge in [0, 0.05) is 18.8 Å². The number of nitrogens with zero attached hydrogens (tertiary/aromatic N) is 4. The Morgan fingerprint density at radius 1 is 1.28 bits per heavy atom. The lowest BCUT2D eigenvalue weighted by molar-refractivity contribution is -0.0174. The highest BCUT2D eigenvalue weighted by atomic mass is 32.2. The predicted molar refractivity (Wildman–Crippen MR) is 107 cm³/mol.